The van der Waals surface area contributed by atoms with Crippen molar-refractivity contribution in [1.29, 1.82) is 0 Å². The number of esters is 1. The van der Waals surface area contributed by atoms with Crippen molar-refractivity contribution >= 4 is 5.97 Å². The van der Waals surface area contributed by atoms with Crippen LogP contribution in [0.3, 0.4) is 0 Å². The zero-order chi connectivity index (χ0) is 20.4. The van der Waals surface area contributed by atoms with Gasteiger partial charge in [-0.25, -0.2) is 4.79 Å². The van der Waals surface area contributed by atoms with Crippen LogP contribution in [0.2, 0.25) is 0 Å². The van der Waals surface area contributed by atoms with Gasteiger partial charge in [0, 0.05) is 11.8 Å². The molecule has 0 aliphatic carbocycles. The Labute approximate surface area is 161 Å². The number of aryl methyl sites for hydroxylation is 1. The average Bonchev–Trinajstić information content (AvgIpc) is 2.66. The minimum Gasteiger partial charge on any atom is -0.493 e. The molecule has 148 valence electrons. The minimum atomic E-state index is -0.786. The van der Waals surface area contributed by atoms with Gasteiger partial charge in [0.15, 0.2) is 11.5 Å². The molecule has 2 aromatic rings. The van der Waals surface area contributed by atoms with Gasteiger partial charge in [0.05, 0.1) is 32.3 Å². The number of nitrogens with two attached hydrogens (primary N) is 1. The van der Waals surface area contributed by atoms with E-state index in [0.717, 1.165) is 0 Å². The lowest BCUT2D eigenvalue weighted by molar-refractivity contribution is -0.136. The lowest BCUT2D eigenvalue weighted by atomic mass is 9.83. The highest BCUT2D eigenvalue weighted by atomic mass is 16.5. The number of fused-ring (bicyclic) bond motifs is 1. The number of H-pyrrole nitrogens is 1. The molecule has 1 atom stereocenters. The first kappa shape index (κ1) is 19.3. The third kappa shape index (κ3) is 3.28. The number of hydrogen-bond acceptors (Lipinski definition) is 7. The number of ether oxygens (including phenoxy) is 4. The fourth-order valence-corrected chi connectivity index (χ4v) is 3.29. The summed E-state index contributed by atoms with van der Waals surface area (Å²) in [7, 11) is 2.78. The highest BCUT2D eigenvalue weighted by Crippen LogP contribution is 2.43. The van der Waals surface area contributed by atoms with Crippen LogP contribution >= 0.6 is 0 Å². The quantitative estimate of drug-likeness (QED) is 0.755. The number of pyridine rings is 1. The molecule has 1 aliphatic rings. The van der Waals surface area contributed by atoms with E-state index < -0.39 is 11.9 Å². The van der Waals surface area contributed by atoms with Crippen molar-refractivity contribution in [2.24, 2.45) is 5.73 Å². The number of rotatable bonds is 5. The number of aromatic nitrogens is 1. The molecule has 8 heteroatoms. The number of methoxy groups -OCH3 is 2. The third-order valence-electron chi connectivity index (χ3n) is 4.46. The number of nitrogens with one attached hydrogen (secondary N) is 1. The Morgan fingerprint density at radius 1 is 1.25 bits per heavy atom. The van der Waals surface area contributed by atoms with Gasteiger partial charge in [-0.1, -0.05) is 6.07 Å². The zero-order valence-electron chi connectivity index (χ0n) is 16.1. The molecular weight excluding hydrogens is 364 g/mol. The van der Waals surface area contributed by atoms with Crippen LogP contribution in [-0.4, -0.2) is 31.8 Å². The Morgan fingerprint density at radius 2 is 2.00 bits per heavy atom. The molecule has 0 fully saturated rings. The highest BCUT2D eigenvalue weighted by Gasteiger charge is 2.37. The summed E-state index contributed by atoms with van der Waals surface area (Å²) in [6.45, 7) is 4.00. The molecule has 1 aliphatic heterocycles. The van der Waals surface area contributed by atoms with E-state index in [0.29, 0.717) is 35.1 Å². The van der Waals surface area contributed by atoms with Crippen LogP contribution in [0.25, 0.3) is 0 Å². The monoisotopic (exact) mass is 386 g/mol. The normalized spacial score (nSPS) is 15.5. The number of carbonyl (C=O) groups is 1. The average molecular weight is 386 g/mol. The van der Waals surface area contributed by atoms with E-state index in [9.17, 15) is 9.59 Å². The summed E-state index contributed by atoms with van der Waals surface area (Å²) in [6, 6.07) is 6.84. The minimum absolute atomic E-state index is 0.0527. The van der Waals surface area contributed by atoms with E-state index in [1.165, 1.54) is 14.2 Å². The van der Waals surface area contributed by atoms with E-state index in [1.807, 2.05) is 6.92 Å². The first-order valence-electron chi connectivity index (χ1n) is 8.71. The maximum atomic E-state index is 12.8. The molecule has 0 spiro atoms. The van der Waals surface area contributed by atoms with Crippen molar-refractivity contribution in [1.82, 2.24) is 4.98 Å². The van der Waals surface area contributed by atoms with Gasteiger partial charge in [-0.05, 0) is 31.5 Å². The van der Waals surface area contributed by atoms with E-state index in [4.69, 9.17) is 24.7 Å². The van der Waals surface area contributed by atoms with Gasteiger partial charge in [0.1, 0.15) is 11.3 Å². The smallest absolute Gasteiger partial charge is 0.340 e. The predicted molar refractivity (Wildman–Crippen MR) is 102 cm³/mol. The molecule has 3 rings (SSSR count). The van der Waals surface area contributed by atoms with Crippen LogP contribution in [0.5, 0.6) is 17.2 Å². The maximum absolute atomic E-state index is 12.8. The molecule has 1 aromatic carbocycles. The Bertz CT molecular complexity index is 1010. The number of benzene rings is 1. The SMILES string of the molecule is CCOc1cc(C2C(C(=O)OC)=C(N)Oc3cc(C)[nH]c(=O)c32)ccc1OC. The molecule has 1 unspecified atom stereocenters. The van der Waals surface area contributed by atoms with Crippen molar-refractivity contribution < 1.29 is 23.7 Å². The van der Waals surface area contributed by atoms with Crippen LogP contribution in [0.1, 0.15) is 29.7 Å². The largest absolute Gasteiger partial charge is 0.493 e. The summed E-state index contributed by atoms with van der Waals surface area (Å²) in [5.74, 6) is -0.255. The van der Waals surface area contributed by atoms with Crippen molar-refractivity contribution in [3.63, 3.8) is 0 Å². The van der Waals surface area contributed by atoms with Crippen LogP contribution in [0, 0.1) is 6.92 Å². The number of carbonyl (C=O) groups excluding carboxylic acids is 1. The molecule has 2 heterocycles. The van der Waals surface area contributed by atoms with Gasteiger partial charge in [0.2, 0.25) is 5.88 Å². The second-order valence-electron chi connectivity index (χ2n) is 6.21. The summed E-state index contributed by atoms with van der Waals surface area (Å²) >= 11 is 0. The maximum Gasteiger partial charge on any atom is 0.340 e. The summed E-state index contributed by atoms with van der Waals surface area (Å²) < 4.78 is 21.4. The molecule has 0 bridgehead atoms. The second kappa shape index (κ2) is 7.67. The number of aromatic amines is 1. The first-order chi connectivity index (χ1) is 13.4. The molecular formula is C20H22N2O6. The Morgan fingerprint density at radius 3 is 2.64 bits per heavy atom. The van der Waals surface area contributed by atoms with Crippen LogP contribution < -0.4 is 25.5 Å². The molecule has 0 saturated carbocycles. The van der Waals surface area contributed by atoms with Gasteiger partial charge in [-0.15, -0.1) is 0 Å². The Hall–Kier alpha value is -3.42. The number of hydrogen-bond donors (Lipinski definition) is 2. The predicted octanol–water partition coefficient (Wildman–Crippen LogP) is 1.96. The molecule has 3 N–H and O–H groups in total. The van der Waals surface area contributed by atoms with Crippen molar-refractivity contribution in [3.8, 4) is 17.2 Å². The van der Waals surface area contributed by atoms with Gasteiger partial charge < -0.3 is 29.7 Å². The third-order valence-corrected chi connectivity index (χ3v) is 4.46. The highest BCUT2D eigenvalue weighted by molar-refractivity contribution is 5.92. The lowest BCUT2D eigenvalue weighted by Crippen LogP contribution is -2.31. The molecule has 0 saturated heterocycles. The summed E-state index contributed by atoms with van der Waals surface area (Å²) in [4.78, 5) is 28.0. The van der Waals surface area contributed by atoms with Gasteiger partial charge in [-0.3, -0.25) is 4.79 Å². The van der Waals surface area contributed by atoms with Gasteiger partial charge in [0.25, 0.3) is 5.56 Å². The fourth-order valence-electron chi connectivity index (χ4n) is 3.29. The Balaban J connectivity index is 2.28. The molecule has 0 amide bonds. The van der Waals surface area contributed by atoms with Crippen LogP contribution in [0.15, 0.2) is 40.5 Å². The van der Waals surface area contributed by atoms with Crippen molar-refractivity contribution in [2.45, 2.75) is 19.8 Å². The van der Waals surface area contributed by atoms with Gasteiger partial charge >= 0.3 is 5.97 Å². The van der Waals surface area contributed by atoms with Crippen molar-refractivity contribution in [2.75, 3.05) is 20.8 Å². The second-order valence-corrected chi connectivity index (χ2v) is 6.21. The van der Waals surface area contributed by atoms with E-state index >= 15 is 0 Å². The first-order valence-corrected chi connectivity index (χ1v) is 8.71. The molecule has 8 nitrogen and oxygen atoms in total. The molecule has 1 aromatic heterocycles. The summed E-state index contributed by atoms with van der Waals surface area (Å²) in [5.41, 5.74) is 7.22. The van der Waals surface area contributed by atoms with Crippen molar-refractivity contribution in [3.05, 3.63) is 62.9 Å². The lowest BCUT2D eigenvalue weighted by Gasteiger charge is -2.28. The van der Waals surface area contributed by atoms with Gasteiger partial charge in [-0.2, -0.15) is 0 Å². The molecule has 0 radical (unpaired) electrons. The van der Waals surface area contributed by atoms with Crippen LogP contribution in [-0.2, 0) is 9.53 Å². The standard InChI is InChI=1S/C20H22N2O6/c1-5-27-13-9-11(6-7-12(13)25-3)15-16-14(8-10(2)22-19(16)23)28-18(21)17(15)20(24)26-4/h6-9,15H,5,21H2,1-4H3,(H,22,23). The van der Waals surface area contributed by atoms with Crippen LogP contribution in [0.4, 0.5) is 0 Å². The van der Waals surface area contributed by atoms with E-state index in [2.05, 4.69) is 4.98 Å². The van der Waals surface area contributed by atoms with E-state index in [-0.39, 0.29) is 22.6 Å². The Kier molecular flexibility index (Phi) is 5.30. The summed E-state index contributed by atoms with van der Waals surface area (Å²) in [6.07, 6.45) is 0. The molecule has 28 heavy (non-hydrogen) atoms. The zero-order valence-corrected chi connectivity index (χ0v) is 16.1. The fraction of sp³-hybridized carbons (Fsp3) is 0.300. The van der Waals surface area contributed by atoms with E-state index in [1.54, 1.807) is 31.2 Å². The summed E-state index contributed by atoms with van der Waals surface area (Å²) in [5, 5.41) is 0. The topological polar surface area (TPSA) is 113 Å².